The molecule has 1 aliphatic heterocycles. The van der Waals surface area contributed by atoms with E-state index in [1.807, 2.05) is 12.1 Å². The molecule has 1 heterocycles. The molecule has 0 aromatic heterocycles. The minimum absolute atomic E-state index is 0.275. The van der Waals surface area contributed by atoms with Gasteiger partial charge >= 0.3 is 0 Å². The first-order valence-corrected chi connectivity index (χ1v) is 6.90. The fraction of sp³-hybridized carbons (Fsp3) is 0.571. The van der Waals surface area contributed by atoms with Gasteiger partial charge in [0.2, 0.25) is 0 Å². The van der Waals surface area contributed by atoms with Crippen molar-refractivity contribution in [3.05, 3.63) is 29.8 Å². The van der Waals surface area contributed by atoms with Gasteiger partial charge < -0.3 is 10.1 Å². The molecule has 0 fully saturated rings. The molecule has 1 aromatic carbocycles. The Labute approximate surface area is 108 Å². The number of halogens is 1. The number of benzene rings is 1. The van der Waals surface area contributed by atoms with Crippen LogP contribution >= 0.6 is 11.6 Å². The van der Waals surface area contributed by atoms with Crippen molar-refractivity contribution < 1.29 is 4.74 Å². The Morgan fingerprint density at radius 2 is 2.29 bits per heavy atom. The molecule has 0 bridgehead atoms. The summed E-state index contributed by atoms with van der Waals surface area (Å²) in [5.74, 6) is 1.77. The van der Waals surface area contributed by atoms with Gasteiger partial charge in [0.1, 0.15) is 11.9 Å². The molecule has 94 valence electrons. The van der Waals surface area contributed by atoms with E-state index in [1.165, 1.54) is 5.56 Å². The molecule has 0 saturated heterocycles. The summed E-state index contributed by atoms with van der Waals surface area (Å²) >= 11 is 5.77. The van der Waals surface area contributed by atoms with Crippen molar-refractivity contribution >= 4 is 11.6 Å². The molecule has 0 aliphatic carbocycles. The lowest BCUT2D eigenvalue weighted by molar-refractivity contribution is 0.220. The average Bonchev–Trinajstić information content (AvgIpc) is 2.77. The molecule has 0 spiro atoms. The SMILES string of the molecule is CCC(CCCl)NCC1Cc2ccccc2O1. The van der Waals surface area contributed by atoms with Gasteiger partial charge in [0.15, 0.2) is 0 Å². The molecular formula is C14H20ClNO. The largest absolute Gasteiger partial charge is 0.488 e. The third-order valence-corrected chi connectivity index (χ3v) is 3.52. The highest BCUT2D eigenvalue weighted by Crippen LogP contribution is 2.27. The summed E-state index contributed by atoms with van der Waals surface area (Å²) in [6.45, 7) is 3.10. The summed E-state index contributed by atoms with van der Waals surface area (Å²) in [7, 11) is 0. The number of hydrogen-bond acceptors (Lipinski definition) is 2. The van der Waals surface area contributed by atoms with Gasteiger partial charge in [-0.2, -0.15) is 0 Å². The number of fused-ring (bicyclic) bond motifs is 1. The molecular weight excluding hydrogens is 234 g/mol. The summed E-state index contributed by atoms with van der Waals surface area (Å²) in [6.07, 6.45) is 3.43. The van der Waals surface area contributed by atoms with E-state index < -0.39 is 0 Å². The Balaban J connectivity index is 1.79. The van der Waals surface area contributed by atoms with E-state index in [4.69, 9.17) is 16.3 Å². The standard InChI is InChI=1S/C14H20ClNO/c1-2-12(7-8-15)16-10-13-9-11-5-3-4-6-14(11)17-13/h3-6,12-13,16H,2,7-10H2,1H3. The van der Waals surface area contributed by atoms with E-state index in [-0.39, 0.29) is 6.10 Å². The summed E-state index contributed by atoms with van der Waals surface area (Å²) < 4.78 is 5.88. The highest BCUT2D eigenvalue weighted by Gasteiger charge is 2.22. The topological polar surface area (TPSA) is 21.3 Å². The molecule has 0 amide bonds. The van der Waals surface area contributed by atoms with E-state index in [2.05, 4.69) is 24.4 Å². The number of para-hydroxylation sites is 1. The van der Waals surface area contributed by atoms with E-state index in [9.17, 15) is 0 Å². The van der Waals surface area contributed by atoms with Crippen LogP contribution in [0.3, 0.4) is 0 Å². The van der Waals surface area contributed by atoms with E-state index in [0.717, 1.165) is 37.4 Å². The minimum atomic E-state index is 0.275. The molecule has 2 rings (SSSR count). The maximum Gasteiger partial charge on any atom is 0.123 e. The van der Waals surface area contributed by atoms with Crippen molar-refractivity contribution in [3.8, 4) is 5.75 Å². The van der Waals surface area contributed by atoms with Gasteiger partial charge in [0, 0.05) is 24.9 Å². The van der Waals surface area contributed by atoms with E-state index in [0.29, 0.717) is 6.04 Å². The normalized spacial score (nSPS) is 19.8. The third kappa shape index (κ3) is 3.36. The summed E-state index contributed by atoms with van der Waals surface area (Å²) in [4.78, 5) is 0. The third-order valence-electron chi connectivity index (χ3n) is 3.30. The van der Waals surface area contributed by atoms with Gasteiger partial charge in [-0.1, -0.05) is 25.1 Å². The molecule has 2 nitrogen and oxygen atoms in total. The molecule has 1 aromatic rings. The summed E-state index contributed by atoms with van der Waals surface area (Å²) in [5, 5.41) is 3.54. The van der Waals surface area contributed by atoms with E-state index >= 15 is 0 Å². The Bertz CT molecular complexity index is 331. The van der Waals surface area contributed by atoms with Crippen LogP contribution in [0.25, 0.3) is 0 Å². The molecule has 2 unspecified atom stereocenters. The van der Waals surface area contributed by atoms with Gasteiger partial charge in [-0.25, -0.2) is 0 Å². The lowest BCUT2D eigenvalue weighted by atomic mass is 10.1. The molecule has 17 heavy (non-hydrogen) atoms. The molecule has 2 atom stereocenters. The van der Waals surface area contributed by atoms with Crippen molar-refractivity contribution in [1.82, 2.24) is 5.32 Å². The van der Waals surface area contributed by atoms with Gasteiger partial charge in [-0.15, -0.1) is 11.6 Å². The molecule has 1 N–H and O–H groups in total. The smallest absolute Gasteiger partial charge is 0.123 e. The fourth-order valence-corrected chi connectivity index (χ4v) is 2.51. The van der Waals surface area contributed by atoms with Crippen molar-refractivity contribution in [2.24, 2.45) is 0 Å². The van der Waals surface area contributed by atoms with Crippen LogP contribution in [0.1, 0.15) is 25.3 Å². The highest BCUT2D eigenvalue weighted by atomic mass is 35.5. The first kappa shape index (κ1) is 12.7. The predicted molar refractivity (Wildman–Crippen MR) is 72.0 cm³/mol. The van der Waals surface area contributed by atoms with Crippen molar-refractivity contribution in [1.29, 1.82) is 0 Å². The number of hydrogen-bond donors (Lipinski definition) is 1. The second-order valence-corrected chi connectivity index (χ2v) is 4.92. The average molecular weight is 254 g/mol. The van der Waals surface area contributed by atoms with Crippen LogP contribution in [0.4, 0.5) is 0 Å². The van der Waals surface area contributed by atoms with Crippen LogP contribution in [0.2, 0.25) is 0 Å². The lowest BCUT2D eigenvalue weighted by Crippen LogP contribution is -2.37. The van der Waals surface area contributed by atoms with E-state index in [1.54, 1.807) is 0 Å². The van der Waals surface area contributed by atoms with Crippen molar-refractivity contribution in [2.75, 3.05) is 12.4 Å². The van der Waals surface area contributed by atoms with Crippen molar-refractivity contribution in [3.63, 3.8) is 0 Å². The van der Waals surface area contributed by atoms with Gasteiger partial charge in [-0.05, 0) is 24.5 Å². The van der Waals surface area contributed by atoms with Crippen LogP contribution in [-0.2, 0) is 6.42 Å². The number of ether oxygens (including phenoxy) is 1. The Morgan fingerprint density at radius 3 is 3.00 bits per heavy atom. The van der Waals surface area contributed by atoms with Crippen LogP contribution in [0.15, 0.2) is 24.3 Å². The van der Waals surface area contributed by atoms with Crippen LogP contribution in [0.5, 0.6) is 5.75 Å². The highest BCUT2D eigenvalue weighted by molar-refractivity contribution is 6.17. The Kier molecular flexibility index (Phi) is 4.69. The number of alkyl halides is 1. The molecule has 1 aliphatic rings. The van der Waals surface area contributed by atoms with Gasteiger partial charge in [0.25, 0.3) is 0 Å². The number of rotatable bonds is 6. The summed E-state index contributed by atoms with van der Waals surface area (Å²) in [5.41, 5.74) is 1.32. The van der Waals surface area contributed by atoms with Gasteiger partial charge in [-0.3, -0.25) is 0 Å². The zero-order valence-electron chi connectivity index (χ0n) is 10.3. The monoisotopic (exact) mass is 253 g/mol. The van der Waals surface area contributed by atoms with Crippen molar-refractivity contribution in [2.45, 2.75) is 38.3 Å². The Morgan fingerprint density at radius 1 is 1.47 bits per heavy atom. The first-order chi connectivity index (χ1) is 8.33. The second kappa shape index (κ2) is 6.27. The van der Waals surface area contributed by atoms with Crippen LogP contribution in [0, 0.1) is 0 Å². The number of nitrogens with one attached hydrogen (secondary N) is 1. The zero-order chi connectivity index (χ0) is 12.1. The van der Waals surface area contributed by atoms with Crippen LogP contribution < -0.4 is 10.1 Å². The zero-order valence-corrected chi connectivity index (χ0v) is 11.0. The molecule has 3 heteroatoms. The Hall–Kier alpha value is -0.730. The molecule has 0 saturated carbocycles. The minimum Gasteiger partial charge on any atom is -0.488 e. The maximum absolute atomic E-state index is 5.88. The summed E-state index contributed by atoms with van der Waals surface area (Å²) in [6, 6.07) is 8.80. The lowest BCUT2D eigenvalue weighted by Gasteiger charge is -2.18. The van der Waals surface area contributed by atoms with Gasteiger partial charge in [0.05, 0.1) is 0 Å². The first-order valence-electron chi connectivity index (χ1n) is 6.37. The van der Waals surface area contributed by atoms with Crippen LogP contribution in [-0.4, -0.2) is 24.6 Å². The quantitative estimate of drug-likeness (QED) is 0.787. The molecule has 0 radical (unpaired) electrons. The maximum atomic E-state index is 5.88. The fourth-order valence-electron chi connectivity index (χ4n) is 2.25. The predicted octanol–water partition coefficient (Wildman–Crippen LogP) is 2.99. The second-order valence-electron chi connectivity index (χ2n) is 4.54.